The molecule has 0 spiro atoms. The van der Waals surface area contributed by atoms with E-state index in [0.717, 1.165) is 5.75 Å². The lowest BCUT2D eigenvalue weighted by molar-refractivity contribution is 0.0134. The van der Waals surface area contributed by atoms with E-state index in [9.17, 15) is 0 Å². The summed E-state index contributed by atoms with van der Waals surface area (Å²) < 4.78 is 0. The highest BCUT2D eigenvalue weighted by atomic mass is 32.1. The first kappa shape index (κ1) is 9.40. The van der Waals surface area contributed by atoms with E-state index in [0.29, 0.717) is 5.41 Å². The predicted octanol–water partition coefficient (Wildman–Crippen LogP) is 2.04. The molecule has 0 radical (unpaired) electrons. The second kappa shape index (κ2) is 3.81. The predicted molar refractivity (Wildman–Crippen MR) is 53.3 cm³/mol. The third-order valence-electron chi connectivity index (χ3n) is 2.70. The van der Waals surface area contributed by atoms with Crippen LogP contribution in [-0.4, -0.2) is 30.3 Å². The lowest BCUT2D eigenvalue weighted by Crippen LogP contribution is -2.54. The van der Waals surface area contributed by atoms with E-state index in [1.54, 1.807) is 0 Å². The van der Waals surface area contributed by atoms with Crippen molar-refractivity contribution in [2.24, 2.45) is 5.41 Å². The Morgan fingerprint density at radius 2 is 2.09 bits per heavy atom. The molecule has 1 saturated heterocycles. The van der Waals surface area contributed by atoms with Gasteiger partial charge in [-0.15, -0.1) is 0 Å². The molecular formula is C9H19NS. The molecule has 1 nitrogen and oxygen atoms in total. The van der Waals surface area contributed by atoms with Crippen LogP contribution in [-0.2, 0) is 0 Å². The number of nitrogens with zero attached hydrogens (tertiary/aromatic N) is 1. The van der Waals surface area contributed by atoms with Crippen LogP contribution in [0.25, 0.3) is 0 Å². The Kier molecular flexibility index (Phi) is 3.26. The van der Waals surface area contributed by atoms with E-state index in [2.05, 4.69) is 31.4 Å². The minimum absolute atomic E-state index is 0.636. The minimum Gasteiger partial charge on any atom is -0.302 e. The number of hydrogen-bond donors (Lipinski definition) is 1. The summed E-state index contributed by atoms with van der Waals surface area (Å²) in [5.74, 6) is 1.03. The fourth-order valence-corrected chi connectivity index (χ4v) is 1.85. The highest BCUT2D eigenvalue weighted by molar-refractivity contribution is 7.80. The molecule has 0 aromatic carbocycles. The highest BCUT2D eigenvalue weighted by Gasteiger charge is 2.35. The molecule has 0 unspecified atom stereocenters. The zero-order valence-electron chi connectivity index (χ0n) is 7.64. The van der Waals surface area contributed by atoms with Gasteiger partial charge in [-0.3, -0.25) is 0 Å². The molecule has 1 fully saturated rings. The summed E-state index contributed by atoms with van der Waals surface area (Å²) in [6, 6.07) is 0. The Morgan fingerprint density at radius 3 is 2.55 bits per heavy atom. The first-order valence-electron chi connectivity index (χ1n) is 4.53. The molecule has 0 aromatic heterocycles. The molecule has 2 heteroatoms. The first-order chi connectivity index (χ1) is 5.20. The van der Waals surface area contributed by atoms with E-state index in [-0.39, 0.29) is 0 Å². The van der Waals surface area contributed by atoms with E-state index in [1.807, 2.05) is 0 Å². The zero-order chi connectivity index (χ0) is 8.32. The third-order valence-corrected chi connectivity index (χ3v) is 3.01. The summed E-state index contributed by atoms with van der Waals surface area (Å²) in [7, 11) is 0. The normalized spacial score (nSPS) is 23.2. The fourth-order valence-electron chi connectivity index (χ4n) is 1.71. The largest absolute Gasteiger partial charge is 0.302 e. The average Bonchev–Trinajstić information content (AvgIpc) is 1.96. The van der Waals surface area contributed by atoms with Crippen LogP contribution in [0.15, 0.2) is 0 Å². The van der Waals surface area contributed by atoms with Crippen molar-refractivity contribution in [1.29, 1.82) is 0 Å². The Balaban J connectivity index is 2.08. The summed E-state index contributed by atoms with van der Waals surface area (Å²) in [5.41, 5.74) is 0.636. The Bertz CT molecular complexity index is 119. The van der Waals surface area contributed by atoms with Crippen LogP contribution in [0.1, 0.15) is 26.7 Å². The molecule has 0 aromatic rings. The van der Waals surface area contributed by atoms with Gasteiger partial charge in [-0.05, 0) is 30.6 Å². The van der Waals surface area contributed by atoms with Gasteiger partial charge >= 0.3 is 0 Å². The van der Waals surface area contributed by atoms with Gasteiger partial charge in [0.15, 0.2) is 0 Å². The van der Waals surface area contributed by atoms with Gasteiger partial charge < -0.3 is 4.90 Å². The maximum Gasteiger partial charge on any atom is 0.00477 e. The van der Waals surface area contributed by atoms with Gasteiger partial charge in [0.05, 0.1) is 0 Å². The van der Waals surface area contributed by atoms with Gasteiger partial charge in [0.2, 0.25) is 0 Å². The molecule has 0 atom stereocenters. The van der Waals surface area contributed by atoms with Gasteiger partial charge in [-0.1, -0.05) is 13.8 Å². The maximum absolute atomic E-state index is 4.20. The molecular weight excluding hydrogens is 154 g/mol. The van der Waals surface area contributed by atoms with Crippen molar-refractivity contribution in [3.63, 3.8) is 0 Å². The molecule has 0 N–H and O–H groups in total. The summed E-state index contributed by atoms with van der Waals surface area (Å²) in [6.07, 6.45) is 2.56. The topological polar surface area (TPSA) is 3.24 Å². The lowest BCUT2D eigenvalue weighted by atomic mass is 9.79. The van der Waals surface area contributed by atoms with Crippen molar-refractivity contribution < 1.29 is 0 Å². The van der Waals surface area contributed by atoms with Crippen molar-refractivity contribution in [3.8, 4) is 0 Å². The van der Waals surface area contributed by atoms with Crippen molar-refractivity contribution in [1.82, 2.24) is 4.90 Å². The second-order valence-corrected chi connectivity index (χ2v) is 4.40. The van der Waals surface area contributed by atoms with Crippen molar-refractivity contribution >= 4 is 12.6 Å². The maximum atomic E-state index is 4.20. The summed E-state index contributed by atoms with van der Waals surface area (Å²) in [6.45, 7) is 8.52. The quantitative estimate of drug-likeness (QED) is 0.637. The smallest absolute Gasteiger partial charge is 0.00477 e. The van der Waals surface area contributed by atoms with Crippen LogP contribution in [0, 0.1) is 5.41 Å². The highest BCUT2D eigenvalue weighted by Crippen LogP contribution is 2.32. The van der Waals surface area contributed by atoms with Crippen LogP contribution in [0.5, 0.6) is 0 Å². The zero-order valence-corrected chi connectivity index (χ0v) is 8.53. The molecule has 0 saturated carbocycles. The average molecular weight is 173 g/mol. The molecule has 66 valence electrons. The van der Waals surface area contributed by atoms with Crippen LogP contribution < -0.4 is 0 Å². The van der Waals surface area contributed by atoms with Gasteiger partial charge in [-0.2, -0.15) is 12.6 Å². The molecule has 0 amide bonds. The van der Waals surface area contributed by atoms with Crippen LogP contribution in [0.3, 0.4) is 0 Å². The molecule has 1 aliphatic heterocycles. The second-order valence-electron chi connectivity index (χ2n) is 3.95. The number of likely N-dealkylation sites (tertiary alicyclic amines) is 1. The number of thiol groups is 1. The standard InChI is InChI=1S/C9H19NS/c1-3-9(2)7-10(8-9)5-4-6-11/h11H,3-8H2,1-2H3. The summed E-state index contributed by atoms with van der Waals surface area (Å²) in [5, 5.41) is 0. The molecule has 1 rings (SSSR count). The molecule has 0 bridgehead atoms. The van der Waals surface area contributed by atoms with E-state index in [4.69, 9.17) is 0 Å². The van der Waals surface area contributed by atoms with Gasteiger partial charge in [-0.25, -0.2) is 0 Å². The number of rotatable bonds is 4. The molecule has 0 aliphatic carbocycles. The number of hydrogen-bond acceptors (Lipinski definition) is 2. The Labute approximate surface area is 75.6 Å². The molecule has 11 heavy (non-hydrogen) atoms. The monoisotopic (exact) mass is 173 g/mol. The minimum atomic E-state index is 0.636. The summed E-state index contributed by atoms with van der Waals surface area (Å²) >= 11 is 4.20. The molecule has 1 aliphatic rings. The van der Waals surface area contributed by atoms with Crippen molar-refractivity contribution in [2.75, 3.05) is 25.4 Å². The molecule has 1 heterocycles. The van der Waals surface area contributed by atoms with E-state index >= 15 is 0 Å². The van der Waals surface area contributed by atoms with Crippen LogP contribution in [0.4, 0.5) is 0 Å². The van der Waals surface area contributed by atoms with Crippen molar-refractivity contribution in [3.05, 3.63) is 0 Å². The van der Waals surface area contributed by atoms with Gasteiger partial charge in [0.1, 0.15) is 0 Å². The first-order valence-corrected chi connectivity index (χ1v) is 5.17. The van der Waals surface area contributed by atoms with Crippen LogP contribution >= 0.6 is 12.6 Å². The fraction of sp³-hybridized carbons (Fsp3) is 1.00. The van der Waals surface area contributed by atoms with Crippen molar-refractivity contribution in [2.45, 2.75) is 26.7 Å². The van der Waals surface area contributed by atoms with Gasteiger partial charge in [0, 0.05) is 13.1 Å². The Morgan fingerprint density at radius 1 is 1.45 bits per heavy atom. The SMILES string of the molecule is CCC1(C)CN(CCCS)C1. The Hall–Kier alpha value is 0.310. The van der Waals surface area contributed by atoms with E-state index in [1.165, 1.54) is 32.5 Å². The summed E-state index contributed by atoms with van der Waals surface area (Å²) in [4.78, 5) is 2.53. The van der Waals surface area contributed by atoms with Crippen LogP contribution in [0.2, 0.25) is 0 Å². The van der Waals surface area contributed by atoms with Gasteiger partial charge in [0.25, 0.3) is 0 Å². The van der Waals surface area contributed by atoms with E-state index < -0.39 is 0 Å². The lowest BCUT2D eigenvalue weighted by Gasteiger charge is -2.48. The third kappa shape index (κ3) is 2.38.